The van der Waals surface area contributed by atoms with Crippen LogP contribution in [0.15, 0.2) is 53.9 Å². The van der Waals surface area contributed by atoms with Gasteiger partial charge in [0.05, 0.1) is 5.69 Å². The Morgan fingerprint density at radius 1 is 1.00 bits per heavy atom. The maximum atomic E-state index is 12.8. The lowest BCUT2D eigenvalue weighted by atomic mass is 10.1. The molecular formula is C19H16FNO3S. The third-order valence-corrected chi connectivity index (χ3v) is 4.29. The second-order valence-electron chi connectivity index (χ2n) is 5.34. The molecule has 0 radical (unpaired) electrons. The summed E-state index contributed by atoms with van der Waals surface area (Å²) in [5.41, 5.74) is 1.46. The Bertz CT molecular complexity index is 844. The van der Waals surface area contributed by atoms with Crippen LogP contribution in [0.4, 0.5) is 4.39 Å². The number of Topliss-reactive ketones (excluding diaryl/α,β-unsaturated/α-hetero) is 1. The fraction of sp³-hybridized carbons (Fsp3) is 0.158. The quantitative estimate of drug-likeness (QED) is 0.578. The first-order valence-electron chi connectivity index (χ1n) is 7.65. The van der Waals surface area contributed by atoms with Crippen molar-refractivity contribution in [1.82, 2.24) is 4.98 Å². The lowest BCUT2D eigenvalue weighted by Gasteiger charge is -2.05. The van der Waals surface area contributed by atoms with Crippen LogP contribution < -0.4 is 9.47 Å². The summed E-state index contributed by atoms with van der Waals surface area (Å²) in [7, 11) is 0. The fourth-order valence-corrected chi connectivity index (χ4v) is 2.79. The average molecular weight is 357 g/mol. The van der Waals surface area contributed by atoms with E-state index < -0.39 is 0 Å². The predicted octanol–water partition coefficient (Wildman–Crippen LogP) is 4.64. The van der Waals surface area contributed by atoms with E-state index in [4.69, 9.17) is 9.47 Å². The molecule has 0 fully saturated rings. The number of aromatic nitrogens is 1. The summed E-state index contributed by atoms with van der Waals surface area (Å²) < 4.78 is 24.1. The summed E-state index contributed by atoms with van der Waals surface area (Å²) in [6, 6.07) is 12.9. The third kappa shape index (κ3) is 4.87. The summed E-state index contributed by atoms with van der Waals surface area (Å²) in [5.74, 6) is 1.01. The van der Waals surface area contributed by atoms with Gasteiger partial charge in [0.15, 0.2) is 5.78 Å². The van der Waals surface area contributed by atoms with Crippen LogP contribution in [-0.2, 0) is 13.2 Å². The molecule has 0 atom stereocenters. The SMILES string of the molecule is CC(=O)c1ccc(OCc2csc(COc3ccc(F)cc3)n2)cc1. The summed E-state index contributed by atoms with van der Waals surface area (Å²) >= 11 is 1.48. The van der Waals surface area contributed by atoms with Crippen LogP contribution in [0, 0.1) is 5.82 Å². The number of ether oxygens (including phenoxy) is 2. The van der Waals surface area contributed by atoms with Crippen molar-refractivity contribution in [2.45, 2.75) is 20.1 Å². The normalized spacial score (nSPS) is 10.5. The summed E-state index contributed by atoms with van der Waals surface area (Å²) in [5, 5.41) is 2.72. The molecule has 2 aromatic carbocycles. The molecular weight excluding hydrogens is 341 g/mol. The van der Waals surface area contributed by atoms with Crippen molar-refractivity contribution < 1.29 is 18.7 Å². The van der Waals surface area contributed by atoms with Crippen molar-refractivity contribution in [2.24, 2.45) is 0 Å². The Hall–Kier alpha value is -2.73. The predicted molar refractivity (Wildman–Crippen MR) is 93.6 cm³/mol. The lowest BCUT2D eigenvalue weighted by molar-refractivity contribution is 0.101. The molecule has 6 heteroatoms. The highest BCUT2D eigenvalue weighted by atomic mass is 32.1. The molecule has 0 spiro atoms. The van der Waals surface area contributed by atoms with Crippen LogP contribution >= 0.6 is 11.3 Å². The number of rotatable bonds is 7. The van der Waals surface area contributed by atoms with Crippen molar-refractivity contribution in [2.75, 3.05) is 0 Å². The number of hydrogen-bond acceptors (Lipinski definition) is 5. The van der Waals surface area contributed by atoms with Crippen molar-refractivity contribution >= 4 is 17.1 Å². The van der Waals surface area contributed by atoms with E-state index in [1.807, 2.05) is 5.38 Å². The molecule has 0 aliphatic carbocycles. The molecule has 0 N–H and O–H groups in total. The number of hydrogen-bond donors (Lipinski definition) is 0. The molecule has 0 bridgehead atoms. The zero-order valence-electron chi connectivity index (χ0n) is 13.6. The van der Waals surface area contributed by atoms with Crippen molar-refractivity contribution in [3.8, 4) is 11.5 Å². The number of carbonyl (C=O) groups excluding carboxylic acids is 1. The molecule has 4 nitrogen and oxygen atoms in total. The lowest BCUT2D eigenvalue weighted by Crippen LogP contribution is -1.99. The van der Waals surface area contributed by atoms with Gasteiger partial charge in [0, 0.05) is 10.9 Å². The van der Waals surface area contributed by atoms with Crippen LogP contribution in [0.5, 0.6) is 11.5 Å². The van der Waals surface area contributed by atoms with Crippen LogP contribution in [0.1, 0.15) is 28.0 Å². The molecule has 0 aliphatic heterocycles. The summed E-state index contributed by atoms with van der Waals surface area (Å²) in [6.45, 7) is 2.19. The number of benzene rings is 2. The van der Waals surface area contributed by atoms with Gasteiger partial charge in [-0.3, -0.25) is 4.79 Å². The summed E-state index contributed by atoms with van der Waals surface area (Å²) in [6.07, 6.45) is 0. The molecule has 128 valence electrons. The molecule has 0 saturated carbocycles. The first kappa shape index (κ1) is 17.1. The highest BCUT2D eigenvalue weighted by Gasteiger charge is 2.05. The third-order valence-electron chi connectivity index (χ3n) is 3.42. The molecule has 1 heterocycles. The van der Waals surface area contributed by atoms with Gasteiger partial charge in [-0.15, -0.1) is 11.3 Å². The van der Waals surface area contributed by atoms with E-state index >= 15 is 0 Å². The monoisotopic (exact) mass is 357 g/mol. The van der Waals surface area contributed by atoms with E-state index in [2.05, 4.69) is 4.98 Å². The topological polar surface area (TPSA) is 48.4 Å². The van der Waals surface area contributed by atoms with Gasteiger partial charge in [-0.1, -0.05) is 0 Å². The summed E-state index contributed by atoms with van der Waals surface area (Å²) in [4.78, 5) is 15.7. The Morgan fingerprint density at radius 2 is 1.60 bits per heavy atom. The second-order valence-corrected chi connectivity index (χ2v) is 6.29. The Kier molecular flexibility index (Phi) is 5.40. The molecule has 0 aliphatic rings. The first-order chi connectivity index (χ1) is 12.1. The Morgan fingerprint density at radius 3 is 2.24 bits per heavy atom. The van der Waals surface area contributed by atoms with Gasteiger partial charge >= 0.3 is 0 Å². The number of nitrogens with zero attached hydrogens (tertiary/aromatic N) is 1. The molecule has 3 rings (SSSR count). The standard InChI is InChI=1S/C19H16FNO3S/c1-13(22)14-2-6-17(7-3-14)23-10-16-12-25-19(21-16)11-24-18-8-4-15(20)5-9-18/h2-9,12H,10-11H2,1H3. The minimum absolute atomic E-state index is 0.0249. The van der Waals surface area contributed by atoms with E-state index in [1.165, 1.54) is 30.4 Å². The minimum atomic E-state index is -0.294. The van der Waals surface area contributed by atoms with Crippen LogP contribution in [0.25, 0.3) is 0 Å². The first-order valence-corrected chi connectivity index (χ1v) is 8.53. The Labute approximate surface area is 148 Å². The van der Waals surface area contributed by atoms with Gasteiger partial charge in [0.1, 0.15) is 35.5 Å². The maximum absolute atomic E-state index is 12.8. The molecule has 0 amide bonds. The zero-order valence-corrected chi connectivity index (χ0v) is 14.4. The second kappa shape index (κ2) is 7.90. The van der Waals surface area contributed by atoms with Gasteiger partial charge in [-0.2, -0.15) is 0 Å². The number of halogens is 1. The number of ketones is 1. The van der Waals surface area contributed by atoms with E-state index in [-0.39, 0.29) is 11.6 Å². The van der Waals surface area contributed by atoms with Gasteiger partial charge in [0.2, 0.25) is 0 Å². The molecule has 3 aromatic rings. The largest absolute Gasteiger partial charge is 0.487 e. The maximum Gasteiger partial charge on any atom is 0.159 e. The average Bonchev–Trinajstić information content (AvgIpc) is 3.08. The van der Waals surface area contributed by atoms with E-state index in [9.17, 15) is 9.18 Å². The molecule has 1 aromatic heterocycles. The van der Waals surface area contributed by atoms with Crippen LogP contribution in [-0.4, -0.2) is 10.8 Å². The highest BCUT2D eigenvalue weighted by molar-refractivity contribution is 7.09. The Balaban J connectivity index is 1.51. The van der Waals surface area contributed by atoms with Crippen molar-refractivity contribution in [1.29, 1.82) is 0 Å². The van der Waals surface area contributed by atoms with Crippen LogP contribution in [0.3, 0.4) is 0 Å². The van der Waals surface area contributed by atoms with Gasteiger partial charge < -0.3 is 9.47 Å². The van der Waals surface area contributed by atoms with E-state index in [0.717, 1.165) is 10.7 Å². The fourth-order valence-electron chi connectivity index (χ4n) is 2.10. The zero-order chi connectivity index (χ0) is 17.6. The number of thiazole rings is 1. The molecule has 0 unspecified atom stereocenters. The highest BCUT2D eigenvalue weighted by Crippen LogP contribution is 2.18. The molecule has 25 heavy (non-hydrogen) atoms. The molecule has 0 saturated heterocycles. The van der Waals surface area contributed by atoms with Crippen molar-refractivity contribution in [3.63, 3.8) is 0 Å². The van der Waals surface area contributed by atoms with Crippen molar-refractivity contribution in [3.05, 3.63) is 76.0 Å². The smallest absolute Gasteiger partial charge is 0.159 e. The van der Waals surface area contributed by atoms with Gasteiger partial charge in [-0.05, 0) is 55.5 Å². The van der Waals surface area contributed by atoms with Gasteiger partial charge in [-0.25, -0.2) is 9.37 Å². The minimum Gasteiger partial charge on any atom is -0.487 e. The number of carbonyl (C=O) groups is 1. The van der Waals surface area contributed by atoms with E-state index in [0.29, 0.717) is 30.3 Å². The van der Waals surface area contributed by atoms with E-state index in [1.54, 1.807) is 36.4 Å². The van der Waals surface area contributed by atoms with Crippen LogP contribution in [0.2, 0.25) is 0 Å². The van der Waals surface area contributed by atoms with Gasteiger partial charge in [0.25, 0.3) is 0 Å².